The summed E-state index contributed by atoms with van der Waals surface area (Å²) in [6.45, 7) is 6.15. The molecule has 0 spiro atoms. The molecule has 0 saturated carbocycles. The summed E-state index contributed by atoms with van der Waals surface area (Å²) >= 11 is 0. The molecular weight excluding hydrogens is 188 g/mol. The van der Waals surface area contributed by atoms with Gasteiger partial charge in [-0.2, -0.15) is 0 Å². The minimum atomic E-state index is 0.630. The van der Waals surface area contributed by atoms with E-state index in [1.165, 1.54) is 32.1 Å². The molecule has 0 radical (unpaired) electrons. The molecule has 1 aliphatic heterocycles. The predicted molar refractivity (Wildman–Crippen MR) is 64.6 cm³/mol. The van der Waals surface area contributed by atoms with Crippen LogP contribution in [0.15, 0.2) is 4.99 Å². The van der Waals surface area contributed by atoms with Gasteiger partial charge in [0.15, 0.2) is 0 Å². The lowest BCUT2D eigenvalue weighted by Gasteiger charge is -2.37. The van der Waals surface area contributed by atoms with E-state index in [-0.39, 0.29) is 0 Å². The Morgan fingerprint density at radius 3 is 2.87 bits per heavy atom. The molecule has 0 aliphatic carbocycles. The highest BCUT2D eigenvalue weighted by Gasteiger charge is 2.23. The largest absolute Gasteiger partial charge is 0.339 e. The first-order chi connectivity index (χ1) is 7.33. The number of nitrogens with one attached hydrogen (secondary N) is 1. The van der Waals surface area contributed by atoms with E-state index in [0.29, 0.717) is 6.04 Å². The number of hydrogen-bond acceptors (Lipinski definition) is 2. The van der Waals surface area contributed by atoms with Gasteiger partial charge in [0.1, 0.15) is 0 Å². The van der Waals surface area contributed by atoms with Crippen LogP contribution < -0.4 is 11.3 Å². The van der Waals surface area contributed by atoms with E-state index in [2.05, 4.69) is 22.2 Å². The molecule has 3 N–H and O–H groups in total. The summed E-state index contributed by atoms with van der Waals surface area (Å²) in [6.07, 6.45) is 6.34. The Labute approximate surface area is 92.9 Å². The van der Waals surface area contributed by atoms with E-state index in [1.54, 1.807) is 0 Å². The molecule has 1 unspecified atom stereocenters. The van der Waals surface area contributed by atoms with E-state index in [4.69, 9.17) is 5.84 Å². The smallest absolute Gasteiger partial charge is 0.208 e. The zero-order chi connectivity index (χ0) is 11.1. The first-order valence-corrected chi connectivity index (χ1v) is 6.11. The van der Waals surface area contributed by atoms with Crippen LogP contribution in [0.2, 0.25) is 0 Å². The molecule has 1 aliphatic rings. The highest BCUT2D eigenvalue weighted by atomic mass is 15.4. The quantitative estimate of drug-likeness (QED) is 0.322. The average molecular weight is 212 g/mol. The molecule has 0 aromatic heterocycles. The molecule has 15 heavy (non-hydrogen) atoms. The van der Waals surface area contributed by atoms with Crippen LogP contribution in [0.3, 0.4) is 0 Å². The summed E-state index contributed by atoms with van der Waals surface area (Å²) in [5, 5.41) is 0. The van der Waals surface area contributed by atoms with Crippen LogP contribution in [0.25, 0.3) is 0 Å². The number of likely N-dealkylation sites (tertiary alicyclic amines) is 1. The van der Waals surface area contributed by atoms with Gasteiger partial charge in [-0.25, -0.2) is 5.84 Å². The summed E-state index contributed by atoms with van der Waals surface area (Å²) in [4.78, 5) is 6.75. The van der Waals surface area contributed by atoms with Gasteiger partial charge in [0.25, 0.3) is 0 Å². The van der Waals surface area contributed by atoms with Gasteiger partial charge in [-0.15, -0.1) is 0 Å². The summed E-state index contributed by atoms with van der Waals surface area (Å²) in [7, 11) is 0. The second kappa shape index (κ2) is 6.67. The van der Waals surface area contributed by atoms with Gasteiger partial charge in [-0.3, -0.25) is 10.4 Å². The van der Waals surface area contributed by atoms with Gasteiger partial charge >= 0.3 is 0 Å². The Morgan fingerprint density at radius 2 is 2.27 bits per heavy atom. The van der Waals surface area contributed by atoms with Crippen molar-refractivity contribution in [3.8, 4) is 0 Å². The van der Waals surface area contributed by atoms with Crippen LogP contribution in [0.4, 0.5) is 0 Å². The van der Waals surface area contributed by atoms with E-state index in [0.717, 1.165) is 19.0 Å². The number of aliphatic imine (C=N–C) groups is 1. The van der Waals surface area contributed by atoms with Crippen molar-refractivity contribution in [2.45, 2.75) is 52.0 Å². The lowest BCUT2D eigenvalue weighted by atomic mass is 9.99. The van der Waals surface area contributed by atoms with Crippen molar-refractivity contribution in [1.82, 2.24) is 10.3 Å². The third-order valence-electron chi connectivity index (χ3n) is 2.96. The fourth-order valence-corrected chi connectivity index (χ4v) is 2.28. The van der Waals surface area contributed by atoms with Crippen molar-refractivity contribution in [3.63, 3.8) is 0 Å². The van der Waals surface area contributed by atoms with Gasteiger partial charge in [-0.1, -0.05) is 13.3 Å². The molecule has 1 heterocycles. The van der Waals surface area contributed by atoms with Crippen molar-refractivity contribution >= 4 is 5.96 Å². The SMILES string of the molecule is CCCC1CCCCN1C(=NCC)NN. The van der Waals surface area contributed by atoms with Gasteiger partial charge in [0.2, 0.25) is 5.96 Å². The van der Waals surface area contributed by atoms with Crippen molar-refractivity contribution in [3.05, 3.63) is 0 Å². The summed E-state index contributed by atoms with van der Waals surface area (Å²) < 4.78 is 0. The lowest BCUT2D eigenvalue weighted by molar-refractivity contribution is 0.221. The molecule has 1 fully saturated rings. The molecule has 0 aromatic rings. The Hall–Kier alpha value is -0.770. The van der Waals surface area contributed by atoms with E-state index >= 15 is 0 Å². The normalized spacial score (nSPS) is 23.0. The standard InChI is InChI=1S/C11H24N4/c1-3-7-10-8-5-6-9-15(10)11(14-12)13-4-2/h10H,3-9,12H2,1-2H3,(H,13,14). The molecular formula is C11H24N4. The monoisotopic (exact) mass is 212 g/mol. The van der Waals surface area contributed by atoms with Gasteiger partial charge < -0.3 is 4.90 Å². The van der Waals surface area contributed by atoms with Crippen LogP contribution in [0.5, 0.6) is 0 Å². The summed E-state index contributed by atoms with van der Waals surface area (Å²) in [6, 6.07) is 0.630. The number of hydrogen-bond donors (Lipinski definition) is 2. The van der Waals surface area contributed by atoms with Crippen molar-refractivity contribution < 1.29 is 0 Å². The molecule has 0 amide bonds. The zero-order valence-corrected chi connectivity index (χ0v) is 10.00. The molecule has 4 nitrogen and oxygen atoms in total. The molecule has 88 valence electrons. The van der Waals surface area contributed by atoms with E-state index < -0.39 is 0 Å². The highest BCUT2D eigenvalue weighted by molar-refractivity contribution is 5.79. The number of nitrogens with zero attached hydrogens (tertiary/aromatic N) is 2. The fourth-order valence-electron chi connectivity index (χ4n) is 2.28. The lowest BCUT2D eigenvalue weighted by Crippen LogP contribution is -2.51. The van der Waals surface area contributed by atoms with E-state index in [1.807, 2.05) is 6.92 Å². The topological polar surface area (TPSA) is 53.6 Å². The third-order valence-corrected chi connectivity index (χ3v) is 2.96. The van der Waals surface area contributed by atoms with Gasteiger partial charge in [0.05, 0.1) is 0 Å². The van der Waals surface area contributed by atoms with Crippen LogP contribution in [0, 0.1) is 0 Å². The highest BCUT2D eigenvalue weighted by Crippen LogP contribution is 2.20. The minimum Gasteiger partial charge on any atom is -0.339 e. The van der Waals surface area contributed by atoms with Crippen LogP contribution >= 0.6 is 0 Å². The average Bonchev–Trinajstić information content (AvgIpc) is 2.27. The third kappa shape index (κ3) is 3.38. The maximum absolute atomic E-state index is 5.53. The van der Waals surface area contributed by atoms with Crippen molar-refractivity contribution in [2.24, 2.45) is 10.8 Å². The van der Waals surface area contributed by atoms with Crippen LogP contribution in [-0.2, 0) is 0 Å². The second-order valence-corrected chi connectivity index (χ2v) is 4.07. The Morgan fingerprint density at radius 1 is 1.47 bits per heavy atom. The summed E-state index contributed by atoms with van der Waals surface area (Å²) in [5.41, 5.74) is 2.74. The second-order valence-electron chi connectivity index (χ2n) is 4.07. The maximum Gasteiger partial charge on any atom is 0.208 e. The molecule has 0 bridgehead atoms. The molecule has 1 saturated heterocycles. The molecule has 4 heteroatoms. The van der Waals surface area contributed by atoms with Crippen molar-refractivity contribution in [2.75, 3.05) is 13.1 Å². The number of guanidine groups is 1. The Kier molecular flexibility index (Phi) is 5.47. The minimum absolute atomic E-state index is 0.630. The predicted octanol–water partition coefficient (Wildman–Crippen LogP) is 1.48. The first kappa shape index (κ1) is 12.3. The van der Waals surface area contributed by atoms with Gasteiger partial charge in [-0.05, 0) is 32.6 Å². The number of hydrazine groups is 1. The zero-order valence-electron chi connectivity index (χ0n) is 10.00. The number of rotatable bonds is 3. The fraction of sp³-hybridized carbons (Fsp3) is 0.909. The van der Waals surface area contributed by atoms with Gasteiger partial charge in [0, 0.05) is 19.1 Å². The number of piperidine rings is 1. The summed E-state index contributed by atoms with van der Waals surface area (Å²) in [5.74, 6) is 6.40. The molecule has 1 atom stereocenters. The maximum atomic E-state index is 5.53. The molecule has 1 rings (SSSR count). The number of nitrogens with two attached hydrogens (primary N) is 1. The van der Waals surface area contributed by atoms with Crippen LogP contribution in [-0.4, -0.2) is 30.0 Å². The van der Waals surface area contributed by atoms with Crippen molar-refractivity contribution in [1.29, 1.82) is 0 Å². The van der Waals surface area contributed by atoms with E-state index in [9.17, 15) is 0 Å². The molecule has 0 aromatic carbocycles. The first-order valence-electron chi connectivity index (χ1n) is 6.11. The Balaban J connectivity index is 2.64. The van der Waals surface area contributed by atoms with Crippen LogP contribution in [0.1, 0.15) is 46.0 Å². The Bertz CT molecular complexity index is 201.